The average Bonchev–Trinajstić information content (AvgIpc) is 3.21. The van der Waals surface area contributed by atoms with Crippen molar-refractivity contribution in [1.82, 2.24) is 0 Å². The topological polar surface area (TPSA) is 172 Å². The van der Waals surface area contributed by atoms with Crippen LogP contribution in [0.3, 0.4) is 0 Å². The predicted molar refractivity (Wildman–Crippen MR) is 150 cm³/mol. The van der Waals surface area contributed by atoms with Gasteiger partial charge < -0.3 is 33.9 Å². The van der Waals surface area contributed by atoms with Crippen molar-refractivity contribution in [1.29, 1.82) is 0 Å². The molecule has 43 heavy (non-hydrogen) atoms. The van der Waals surface area contributed by atoms with E-state index < -0.39 is 83.4 Å². The molecule has 240 valence electrons. The van der Waals surface area contributed by atoms with Crippen molar-refractivity contribution < 1.29 is 57.9 Å². The van der Waals surface area contributed by atoms with Gasteiger partial charge in [0.15, 0.2) is 29.5 Å². The SMILES string of the molecule is C/C=C(/C)C(=O)O[C@@H]1C(C)=C2[C@H]3OC(=O)[C@](C)(O)[C@]3(O)[C@H](OC(=O)CCC)C[C@@](C)(OC(C)=O)[C@@H]2[C@H]1OC(=O)CC(C)C. The maximum absolute atomic E-state index is 13.1. The molecular weight excluding hydrogens is 564 g/mol. The van der Waals surface area contributed by atoms with Crippen molar-refractivity contribution in [2.75, 3.05) is 0 Å². The number of carbonyl (C=O) groups is 5. The van der Waals surface area contributed by atoms with Gasteiger partial charge in [0.05, 0.1) is 5.92 Å². The molecular formula is C31H44O12. The lowest BCUT2D eigenvalue weighted by molar-refractivity contribution is -0.212. The van der Waals surface area contributed by atoms with Crippen LogP contribution in [0.25, 0.3) is 0 Å². The normalized spacial score (nSPS) is 35.5. The van der Waals surface area contributed by atoms with Crippen LogP contribution in [0.15, 0.2) is 22.8 Å². The molecule has 1 heterocycles. The maximum Gasteiger partial charge on any atom is 0.341 e. The Morgan fingerprint density at radius 2 is 1.70 bits per heavy atom. The molecule has 0 unspecified atom stereocenters. The lowest BCUT2D eigenvalue weighted by Gasteiger charge is -2.41. The highest BCUT2D eigenvalue weighted by Gasteiger charge is 2.76. The van der Waals surface area contributed by atoms with Crippen LogP contribution in [0.4, 0.5) is 0 Å². The zero-order chi connectivity index (χ0) is 32.7. The Hall–Kier alpha value is -3.25. The summed E-state index contributed by atoms with van der Waals surface area (Å²) in [4.78, 5) is 64.5. The third-order valence-electron chi connectivity index (χ3n) is 8.60. The van der Waals surface area contributed by atoms with E-state index in [-0.39, 0.29) is 35.5 Å². The lowest BCUT2D eigenvalue weighted by Crippen LogP contribution is -2.64. The molecule has 1 aliphatic heterocycles. The van der Waals surface area contributed by atoms with Crippen molar-refractivity contribution >= 4 is 29.8 Å². The zero-order valence-electron chi connectivity index (χ0n) is 26.3. The number of fused-ring (bicyclic) bond motifs is 3. The first-order chi connectivity index (χ1) is 19.8. The van der Waals surface area contributed by atoms with Crippen LogP contribution in [0.2, 0.25) is 0 Å². The van der Waals surface area contributed by atoms with E-state index in [2.05, 4.69) is 0 Å². The van der Waals surface area contributed by atoms with Gasteiger partial charge in [-0.15, -0.1) is 0 Å². The van der Waals surface area contributed by atoms with Crippen molar-refractivity contribution in [2.45, 2.75) is 129 Å². The van der Waals surface area contributed by atoms with Crippen molar-refractivity contribution in [3.8, 4) is 0 Å². The van der Waals surface area contributed by atoms with Crippen molar-refractivity contribution in [2.24, 2.45) is 11.8 Å². The molecule has 1 saturated heterocycles. The second-order valence-electron chi connectivity index (χ2n) is 12.5. The summed E-state index contributed by atoms with van der Waals surface area (Å²) in [5.41, 5.74) is -6.16. The molecule has 1 saturated carbocycles. The first kappa shape index (κ1) is 34.2. The molecule has 0 amide bonds. The van der Waals surface area contributed by atoms with Gasteiger partial charge in [-0.3, -0.25) is 14.4 Å². The van der Waals surface area contributed by atoms with Crippen LogP contribution in [0, 0.1) is 11.8 Å². The molecule has 0 aromatic carbocycles. The summed E-state index contributed by atoms with van der Waals surface area (Å²) in [6.07, 6.45) is -4.24. The van der Waals surface area contributed by atoms with Crippen LogP contribution in [-0.4, -0.2) is 81.3 Å². The quantitative estimate of drug-likeness (QED) is 0.170. The molecule has 0 radical (unpaired) electrons. The number of hydrogen-bond donors (Lipinski definition) is 2. The lowest BCUT2D eigenvalue weighted by atomic mass is 9.75. The van der Waals surface area contributed by atoms with E-state index in [1.54, 1.807) is 33.8 Å². The molecule has 3 rings (SSSR count). The molecule has 12 heteroatoms. The monoisotopic (exact) mass is 608 g/mol. The van der Waals surface area contributed by atoms with E-state index in [4.69, 9.17) is 23.7 Å². The van der Waals surface area contributed by atoms with E-state index in [0.29, 0.717) is 6.42 Å². The molecule has 2 N–H and O–H groups in total. The molecule has 8 atom stereocenters. The van der Waals surface area contributed by atoms with Crippen molar-refractivity contribution in [3.63, 3.8) is 0 Å². The third kappa shape index (κ3) is 6.08. The fourth-order valence-corrected chi connectivity index (χ4v) is 6.35. The fraction of sp³-hybridized carbons (Fsp3) is 0.710. The number of hydrogen-bond acceptors (Lipinski definition) is 12. The molecule has 2 aliphatic carbocycles. The average molecular weight is 609 g/mol. The number of esters is 5. The van der Waals surface area contributed by atoms with E-state index in [0.717, 1.165) is 13.8 Å². The van der Waals surface area contributed by atoms with Crippen LogP contribution < -0.4 is 0 Å². The van der Waals surface area contributed by atoms with Crippen LogP contribution >= 0.6 is 0 Å². The van der Waals surface area contributed by atoms with Gasteiger partial charge in [0.1, 0.15) is 11.7 Å². The molecule has 0 aromatic rings. The number of carbonyl (C=O) groups excluding carboxylic acids is 5. The van der Waals surface area contributed by atoms with Gasteiger partial charge in [0.25, 0.3) is 0 Å². The minimum absolute atomic E-state index is 0.0186. The zero-order valence-corrected chi connectivity index (χ0v) is 26.3. The molecule has 0 aromatic heterocycles. The molecule has 3 aliphatic rings. The van der Waals surface area contributed by atoms with Crippen LogP contribution in [0.5, 0.6) is 0 Å². The summed E-state index contributed by atoms with van der Waals surface area (Å²) in [5.74, 6) is -5.19. The van der Waals surface area contributed by atoms with E-state index in [1.807, 2.05) is 13.8 Å². The first-order valence-electron chi connectivity index (χ1n) is 14.6. The Morgan fingerprint density at radius 1 is 1.07 bits per heavy atom. The first-order valence-corrected chi connectivity index (χ1v) is 14.6. The van der Waals surface area contributed by atoms with Gasteiger partial charge in [-0.2, -0.15) is 0 Å². The van der Waals surface area contributed by atoms with Gasteiger partial charge in [0, 0.05) is 31.8 Å². The number of rotatable bonds is 9. The van der Waals surface area contributed by atoms with Crippen LogP contribution in [0.1, 0.15) is 88.0 Å². The summed E-state index contributed by atoms with van der Waals surface area (Å²) in [6.45, 7) is 13.9. The fourth-order valence-electron chi connectivity index (χ4n) is 6.35. The van der Waals surface area contributed by atoms with Gasteiger partial charge in [-0.1, -0.05) is 26.8 Å². The minimum atomic E-state index is -2.58. The Balaban J connectivity index is 2.33. The largest absolute Gasteiger partial charge is 0.459 e. The van der Waals surface area contributed by atoms with Gasteiger partial charge in [-0.25, -0.2) is 9.59 Å². The smallest absolute Gasteiger partial charge is 0.341 e. The highest BCUT2D eigenvalue weighted by atomic mass is 16.6. The van der Waals surface area contributed by atoms with Gasteiger partial charge in [0.2, 0.25) is 0 Å². The van der Waals surface area contributed by atoms with E-state index >= 15 is 0 Å². The Kier molecular flexibility index (Phi) is 9.87. The minimum Gasteiger partial charge on any atom is -0.459 e. The second-order valence-corrected chi connectivity index (χ2v) is 12.5. The van der Waals surface area contributed by atoms with Gasteiger partial charge in [-0.05, 0) is 58.1 Å². The summed E-state index contributed by atoms with van der Waals surface area (Å²) in [7, 11) is 0. The van der Waals surface area contributed by atoms with Crippen LogP contribution in [-0.2, 0) is 47.7 Å². The number of aliphatic hydroxyl groups is 2. The van der Waals surface area contributed by atoms with Gasteiger partial charge >= 0.3 is 29.8 Å². The summed E-state index contributed by atoms with van der Waals surface area (Å²) < 4.78 is 29.0. The molecule has 0 bridgehead atoms. The Labute approximate surface area is 251 Å². The summed E-state index contributed by atoms with van der Waals surface area (Å²) in [5, 5.41) is 23.7. The predicted octanol–water partition coefficient (Wildman–Crippen LogP) is 2.61. The highest BCUT2D eigenvalue weighted by molar-refractivity contribution is 5.88. The molecule has 0 spiro atoms. The molecule has 2 fully saturated rings. The molecule has 12 nitrogen and oxygen atoms in total. The second kappa shape index (κ2) is 12.4. The van der Waals surface area contributed by atoms with Crippen molar-refractivity contribution in [3.05, 3.63) is 22.8 Å². The number of ether oxygens (including phenoxy) is 5. The maximum atomic E-state index is 13.1. The summed E-state index contributed by atoms with van der Waals surface area (Å²) >= 11 is 0. The third-order valence-corrected chi connectivity index (χ3v) is 8.60. The van der Waals surface area contributed by atoms with E-state index in [1.165, 1.54) is 6.92 Å². The standard InChI is InChI=1S/C31H44O12/c1-10-12-20(33)39-19-14-29(8,43-18(7)32)23-22(26-31(19,38)30(9,37)28(36)42-26)17(6)24(41-27(35)16(5)11-2)25(23)40-21(34)13-15(3)4/h11,15,19,23-26,37-38H,10,12-14H2,1-9H3/b16-11-/t19-,23+,24-,25-,26-,29-,30+,31+/m1/s1. The summed E-state index contributed by atoms with van der Waals surface area (Å²) in [6, 6.07) is 0. The van der Waals surface area contributed by atoms with E-state index in [9.17, 15) is 34.2 Å². The number of allylic oxidation sites excluding steroid dienone is 1. The Morgan fingerprint density at radius 3 is 2.23 bits per heavy atom. The Bertz CT molecular complexity index is 1230. The highest BCUT2D eigenvalue weighted by Crippen LogP contribution is 2.57.